The number of ether oxygens (including phenoxy) is 2. The second-order valence-electron chi connectivity index (χ2n) is 14.2. The van der Waals surface area contributed by atoms with E-state index in [1.54, 1.807) is 30.3 Å². The van der Waals surface area contributed by atoms with E-state index in [4.69, 9.17) is 9.47 Å². The molecule has 1 amide bonds. The monoisotopic (exact) mass is 725 g/mol. The van der Waals surface area contributed by atoms with Gasteiger partial charge in [-0.05, 0) is 80.2 Å². The number of hydrogen-bond acceptors (Lipinski definition) is 7. The molecule has 4 aromatic rings. The third-order valence-electron chi connectivity index (χ3n) is 10.2. The van der Waals surface area contributed by atoms with Crippen LogP contribution in [0.3, 0.4) is 0 Å². The zero-order chi connectivity index (χ0) is 36.5. The van der Waals surface area contributed by atoms with E-state index in [1.807, 2.05) is 79.7 Å². The summed E-state index contributed by atoms with van der Waals surface area (Å²) >= 11 is 0. The van der Waals surface area contributed by atoms with Crippen LogP contribution in [0.15, 0.2) is 108 Å². The minimum atomic E-state index is -3.99. The average Bonchev–Trinajstić information content (AvgIpc) is 3.14. The average molecular weight is 726 g/mol. The quantitative estimate of drug-likeness (QED) is 0.143. The first kappa shape index (κ1) is 37.8. The van der Waals surface area contributed by atoms with Gasteiger partial charge in [0.15, 0.2) is 6.29 Å². The highest BCUT2D eigenvalue weighted by Crippen LogP contribution is 2.42. The van der Waals surface area contributed by atoms with Crippen LogP contribution in [0.25, 0.3) is 0 Å². The van der Waals surface area contributed by atoms with Crippen LogP contribution in [0, 0.1) is 12.8 Å². The molecule has 2 aliphatic rings. The van der Waals surface area contributed by atoms with Crippen LogP contribution < -0.4 is 10.0 Å². The van der Waals surface area contributed by atoms with Crippen molar-refractivity contribution in [2.24, 2.45) is 5.92 Å². The number of likely N-dealkylation sites (tertiary alicyclic amines) is 1. The zero-order valence-electron chi connectivity index (χ0n) is 30.1. The van der Waals surface area contributed by atoms with E-state index < -0.39 is 28.3 Å². The molecule has 10 heteroatoms. The molecule has 4 aromatic carbocycles. The number of sulfonamides is 1. The Morgan fingerprint density at radius 3 is 2.21 bits per heavy atom. The van der Waals surface area contributed by atoms with Crippen molar-refractivity contribution in [3.63, 3.8) is 0 Å². The van der Waals surface area contributed by atoms with Crippen molar-refractivity contribution in [2.75, 3.05) is 25.0 Å². The number of aliphatic hydroxyl groups is 1. The molecule has 0 unspecified atom stereocenters. The second kappa shape index (κ2) is 17.7. The number of benzene rings is 4. The first-order valence-electron chi connectivity index (χ1n) is 18.5. The third-order valence-corrected chi connectivity index (χ3v) is 11.7. The van der Waals surface area contributed by atoms with Gasteiger partial charge in [-0.15, -0.1) is 0 Å². The van der Waals surface area contributed by atoms with Gasteiger partial charge < -0.3 is 24.8 Å². The number of aryl methyl sites for hydroxylation is 1. The highest BCUT2D eigenvalue weighted by atomic mass is 32.2. The predicted molar refractivity (Wildman–Crippen MR) is 203 cm³/mol. The van der Waals surface area contributed by atoms with Crippen molar-refractivity contribution >= 4 is 21.6 Å². The molecule has 5 atom stereocenters. The lowest BCUT2D eigenvalue weighted by molar-refractivity contribution is -0.276. The molecule has 52 heavy (non-hydrogen) atoms. The lowest BCUT2D eigenvalue weighted by Crippen LogP contribution is -2.45. The third kappa shape index (κ3) is 9.95. The maximum absolute atomic E-state index is 13.9. The van der Waals surface area contributed by atoms with E-state index in [9.17, 15) is 18.3 Å². The minimum absolute atomic E-state index is 0.0250. The summed E-state index contributed by atoms with van der Waals surface area (Å²) in [4.78, 5) is 16.5. The number of amides is 1. The molecule has 0 spiro atoms. The molecule has 2 fully saturated rings. The molecule has 276 valence electrons. The van der Waals surface area contributed by atoms with E-state index >= 15 is 0 Å². The number of hydrogen-bond donors (Lipinski definition) is 3. The Morgan fingerprint density at radius 1 is 0.827 bits per heavy atom. The van der Waals surface area contributed by atoms with Crippen molar-refractivity contribution in [1.82, 2.24) is 9.62 Å². The summed E-state index contributed by atoms with van der Waals surface area (Å²) in [7, 11) is -3.99. The fraction of sp³-hybridized carbons (Fsp3) is 0.405. The largest absolute Gasteiger partial charge is 0.392 e. The summed E-state index contributed by atoms with van der Waals surface area (Å²) in [6, 6.07) is 30.1. The Balaban J connectivity index is 1.23. The minimum Gasteiger partial charge on any atom is -0.392 e. The second-order valence-corrected chi connectivity index (χ2v) is 15.9. The van der Waals surface area contributed by atoms with Gasteiger partial charge in [0, 0.05) is 23.7 Å². The van der Waals surface area contributed by atoms with Gasteiger partial charge in [-0.1, -0.05) is 111 Å². The molecule has 0 aromatic heterocycles. The van der Waals surface area contributed by atoms with Crippen molar-refractivity contribution < 1.29 is 27.8 Å². The van der Waals surface area contributed by atoms with Crippen LogP contribution in [0.2, 0.25) is 0 Å². The molecular weight excluding hydrogens is 675 g/mol. The molecule has 0 radical (unpaired) electrons. The van der Waals surface area contributed by atoms with Gasteiger partial charge in [-0.3, -0.25) is 4.79 Å². The van der Waals surface area contributed by atoms with Crippen LogP contribution in [-0.2, 0) is 37.3 Å². The lowest BCUT2D eigenvalue weighted by atomic mass is 9.89. The molecule has 2 heterocycles. The van der Waals surface area contributed by atoms with Crippen molar-refractivity contribution in [3.8, 4) is 0 Å². The molecule has 9 nitrogen and oxygen atoms in total. The van der Waals surface area contributed by atoms with E-state index in [0.29, 0.717) is 5.69 Å². The Morgan fingerprint density at radius 2 is 1.52 bits per heavy atom. The number of nitrogens with zero attached hydrogens (tertiary/aromatic N) is 1. The normalized spacial score (nSPS) is 22.2. The number of aliphatic hydroxyl groups excluding tert-OH is 1. The number of anilines is 1. The van der Waals surface area contributed by atoms with Gasteiger partial charge in [0.1, 0.15) is 6.04 Å². The summed E-state index contributed by atoms with van der Waals surface area (Å²) in [5.41, 5.74) is 4.87. The Bertz CT molecular complexity index is 1850. The van der Waals surface area contributed by atoms with E-state index in [1.165, 1.54) is 32.1 Å². The molecule has 0 bridgehead atoms. The fourth-order valence-electron chi connectivity index (χ4n) is 7.08. The van der Waals surface area contributed by atoms with Crippen LogP contribution in [0.1, 0.15) is 79.2 Å². The number of carbonyl (C=O) groups excluding carboxylic acids is 1. The van der Waals surface area contributed by atoms with Gasteiger partial charge in [-0.2, -0.15) is 4.72 Å². The van der Waals surface area contributed by atoms with Crippen LogP contribution in [-0.4, -0.2) is 56.1 Å². The maximum Gasteiger partial charge on any atom is 0.242 e. The maximum atomic E-state index is 13.9. The summed E-state index contributed by atoms with van der Waals surface area (Å²) < 4.78 is 43.0. The first-order valence-corrected chi connectivity index (χ1v) is 19.9. The van der Waals surface area contributed by atoms with Gasteiger partial charge in [0.25, 0.3) is 0 Å². The highest BCUT2D eigenvalue weighted by Gasteiger charge is 2.39. The van der Waals surface area contributed by atoms with Gasteiger partial charge in [0.05, 0.1) is 23.7 Å². The smallest absolute Gasteiger partial charge is 0.242 e. The van der Waals surface area contributed by atoms with Crippen molar-refractivity contribution in [1.29, 1.82) is 0 Å². The Hall–Kier alpha value is -3.90. The van der Waals surface area contributed by atoms with Gasteiger partial charge in [0.2, 0.25) is 15.9 Å². The SMILES string of the molecule is Cc1ccc(S(=O)(=O)N[C@H](Cc2ccccc2)C(=O)Nc2cccc([C@@H]3O[C@H](CN4CCCCCCC4)[C@H](C)[C@H](c4ccc(CO)cc4)O3)c2)cc1. The zero-order valence-corrected chi connectivity index (χ0v) is 30.9. The summed E-state index contributed by atoms with van der Waals surface area (Å²) in [6.07, 6.45) is 5.27. The summed E-state index contributed by atoms with van der Waals surface area (Å²) in [5, 5.41) is 12.6. The van der Waals surface area contributed by atoms with Crippen LogP contribution in [0.4, 0.5) is 5.69 Å². The summed E-state index contributed by atoms with van der Waals surface area (Å²) in [6.45, 7) is 6.94. The number of nitrogens with one attached hydrogen (secondary N) is 2. The lowest BCUT2D eigenvalue weighted by Gasteiger charge is -2.43. The van der Waals surface area contributed by atoms with Crippen molar-refractivity contribution in [2.45, 2.75) is 88.4 Å². The van der Waals surface area contributed by atoms with E-state index in [-0.39, 0.29) is 36.0 Å². The van der Waals surface area contributed by atoms with Gasteiger partial charge >= 0.3 is 0 Å². The Labute approximate surface area is 308 Å². The first-order chi connectivity index (χ1) is 25.2. The highest BCUT2D eigenvalue weighted by molar-refractivity contribution is 7.89. The molecular formula is C42H51N3O6S. The predicted octanol–water partition coefficient (Wildman–Crippen LogP) is 7.07. The summed E-state index contributed by atoms with van der Waals surface area (Å²) in [5.74, 6) is -0.419. The molecule has 0 saturated carbocycles. The van der Waals surface area contributed by atoms with E-state index in [0.717, 1.165) is 47.5 Å². The molecule has 6 rings (SSSR count). The molecule has 2 saturated heterocycles. The molecule has 2 aliphatic heterocycles. The van der Waals surface area contributed by atoms with E-state index in [2.05, 4.69) is 21.9 Å². The number of carbonyl (C=O) groups is 1. The molecule has 0 aliphatic carbocycles. The molecule has 3 N–H and O–H groups in total. The number of rotatable bonds is 12. The fourth-order valence-corrected chi connectivity index (χ4v) is 8.28. The Kier molecular flexibility index (Phi) is 12.9. The standard InChI is InChI=1S/C42H51N3O6S/c1-30-16-22-37(23-17-30)52(48,49)44-38(26-32-12-7-6-8-13-32)41(47)43-36-15-11-14-35(27-36)42-50-39(28-45-24-9-4-3-5-10-25-45)31(2)40(51-42)34-20-18-33(29-46)19-21-34/h6-8,11-23,27,31,38-40,42,44,46H,3-5,9-10,24-26,28-29H2,1-2H3,(H,43,47)/t31-,38+,39+,40+,42+/m0/s1. The topological polar surface area (TPSA) is 117 Å². The van der Waals surface area contributed by atoms with Crippen molar-refractivity contribution in [3.05, 3.63) is 131 Å². The van der Waals surface area contributed by atoms with Crippen LogP contribution >= 0.6 is 0 Å². The van der Waals surface area contributed by atoms with Crippen LogP contribution in [0.5, 0.6) is 0 Å². The van der Waals surface area contributed by atoms with Gasteiger partial charge in [-0.25, -0.2) is 8.42 Å².